The van der Waals surface area contributed by atoms with Crippen LogP contribution < -0.4 is 14.5 Å². The summed E-state index contributed by atoms with van der Waals surface area (Å²) in [5.74, 6) is -0.0469. The number of nitro groups is 1. The van der Waals surface area contributed by atoms with Gasteiger partial charge in [-0.25, -0.2) is 13.8 Å². The number of non-ortho nitro benzene ring substituents is 1. The number of rotatable bonds is 10. The highest BCUT2D eigenvalue weighted by Gasteiger charge is 2.22. The average molecular weight is 531 g/mol. The summed E-state index contributed by atoms with van der Waals surface area (Å²) < 4.78 is 31.2. The number of amides is 1. The Bertz CT molecular complexity index is 1380. The molecular formula is C24H23ClN4O6S. The number of hydrogen-bond acceptors (Lipinski definition) is 7. The Hall–Kier alpha value is -3.96. The molecule has 0 bridgehead atoms. The van der Waals surface area contributed by atoms with Gasteiger partial charge < -0.3 is 4.74 Å². The lowest BCUT2D eigenvalue weighted by atomic mass is 10.2. The zero-order valence-corrected chi connectivity index (χ0v) is 21.0. The van der Waals surface area contributed by atoms with Crippen molar-refractivity contribution in [1.29, 1.82) is 0 Å². The van der Waals surface area contributed by atoms with E-state index in [2.05, 4.69) is 10.5 Å². The van der Waals surface area contributed by atoms with Crippen molar-refractivity contribution in [1.82, 2.24) is 5.43 Å². The molecule has 0 heterocycles. The summed E-state index contributed by atoms with van der Waals surface area (Å²) in [7, 11) is -3.75. The zero-order valence-electron chi connectivity index (χ0n) is 19.4. The van der Waals surface area contributed by atoms with Crippen LogP contribution in [0.15, 0.2) is 71.8 Å². The normalized spacial score (nSPS) is 11.3. The molecule has 12 heteroatoms. The van der Waals surface area contributed by atoms with Crippen molar-refractivity contribution < 1.29 is 22.9 Å². The molecule has 3 aromatic rings. The van der Waals surface area contributed by atoms with E-state index in [4.69, 9.17) is 16.3 Å². The van der Waals surface area contributed by atoms with Crippen molar-refractivity contribution in [2.24, 2.45) is 5.10 Å². The number of aryl methyl sites for hydroxylation is 1. The standard InChI is InChI=1S/C24H23ClN4O6S/c1-17-3-8-20(25)13-23(17)28(36(2,33)34)15-24(30)27-26-14-18-6-11-22(12-7-18)35-16-19-4-9-21(10-5-19)29(31)32/h3-14H,15-16H2,1-2H3,(H,27,30). The summed E-state index contributed by atoms with van der Waals surface area (Å²) >= 11 is 6.00. The van der Waals surface area contributed by atoms with Crippen LogP contribution >= 0.6 is 11.6 Å². The molecule has 3 aromatic carbocycles. The van der Waals surface area contributed by atoms with Crippen LogP contribution in [-0.4, -0.2) is 38.3 Å². The molecule has 0 saturated heterocycles. The van der Waals surface area contributed by atoms with Gasteiger partial charge in [-0.15, -0.1) is 0 Å². The Morgan fingerprint density at radius 3 is 2.42 bits per heavy atom. The van der Waals surface area contributed by atoms with Crippen molar-refractivity contribution in [3.8, 4) is 5.75 Å². The number of hydrazone groups is 1. The first-order valence-electron chi connectivity index (χ1n) is 10.5. The van der Waals surface area contributed by atoms with Gasteiger partial charge in [0.25, 0.3) is 11.6 Å². The van der Waals surface area contributed by atoms with Crippen LogP contribution in [0.3, 0.4) is 0 Å². The predicted molar refractivity (Wildman–Crippen MR) is 138 cm³/mol. The zero-order chi connectivity index (χ0) is 26.3. The Labute approximate surface area is 213 Å². The molecule has 1 amide bonds. The lowest BCUT2D eigenvalue weighted by Crippen LogP contribution is -2.39. The number of anilines is 1. The molecule has 10 nitrogen and oxygen atoms in total. The molecule has 0 radical (unpaired) electrons. The van der Waals surface area contributed by atoms with Gasteiger partial charge >= 0.3 is 0 Å². The summed E-state index contributed by atoms with van der Waals surface area (Å²) in [6.45, 7) is 1.50. The van der Waals surface area contributed by atoms with Gasteiger partial charge in [0, 0.05) is 17.2 Å². The summed E-state index contributed by atoms with van der Waals surface area (Å²) in [4.78, 5) is 22.6. The van der Waals surface area contributed by atoms with Crippen molar-refractivity contribution in [3.05, 3.63) is 98.6 Å². The molecule has 188 valence electrons. The minimum Gasteiger partial charge on any atom is -0.489 e. The van der Waals surface area contributed by atoms with Gasteiger partial charge in [0.15, 0.2) is 0 Å². The van der Waals surface area contributed by atoms with E-state index in [1.165, 1.54) is 24.4 Å². The minimum absolute atomic E-state index is 0.0121. The number of carbonyl (C=O) groups excluding carboxylic acids is 1. The van der Waals surface area contributed by atoms with Gasteiger partial charge in [0.1, 0.15) is 18.9 Å². The van der Waals surface area contributed by atoms with E-state index < -0.39 is 27.4 Å². The van der Waals surface area contributed by atoms with E-state index in [-0.39, 0.29) is 12.3 Å². The van der Waals surface area contributed by atoms with E-state index >= 15 is 0 Å². The van der Waals surface area contributed by atoms with Gasteiger partial charge in [0.05, 0.1) is 23.1 Å². The van der Waals surface area contributed by atoms with Crippen LogP contribution in [-0.2, 0) is 21.4 Å². The highest BCUT2D eigenvalue weighted by atomic mass is 35.5. The van der Waals surface area contributed by atoms with Crippen LogP contribution in [0.25, 0.3) is 0 Å². The Balaban J connectivity index is 1.55. The fourth-order valence-corrected chi connectivity index (χ4v) is 4.18. The Morgan fingerprint density at radius 2 is 1.81 bits per heavy atom. The molecule has 0 aliphatic heterocycles. The van der Waals surface area contributed by atoms with E-state index in [9.17, 15) is 23.3 Å². The maximum atomic E-state index is 12.4. The first-order valence-corrected chi connectivity index (χ1v) is 12.8. The number of halogens is 1. The first-order chi connectivity index (χ1) is 17.0. The SMILES string of the molecule is Cc1ccc(Cl)cc1N(CC(=O)NN=Cc1ccc(OCc2ccc([N+](=O)[O-])cc2)cc1)S(C)(=O)=O. The molecule has 3 rings (SSSR count). The molecule has 0 aliphatic carbocycles. The highest BCUT2D eigenvalue weighted by molar-refractivity contribution is 7.92. The fraction of sp³-hybridized carbons (Fsp3) is 0.167. The Morgan fingerprint density at radius 1 is 1.14 bits per heavy atom. The molecule has 0 fully saturated rings. The monoisotopic (exact) mass is 530 g/mol. The summed E-state index contributed by atoms with van der Waals surface area (Å²) in [5.41, 5.74) is 4.75. The van der Waals surface area contributed by atoms with Gasteiger partial charge in [-0.1, -0.05) is 17.7 Å². The topological polar surface area (TPSA) is 131 Å². The largest absolute Gasteiger partial charge is 0.489 e. The lowest BCUT2D eigenvalue weighted by Gasteiger charge is -2.23. The molecule has 36 heavy (non-hydrogen) atoms. The van der Waals surface area contributed by atoms with Crippen LogP contribution in [0.1, 0.15) is 16.7 Å². The molecular weight excluding hydrogens is 508 g/mol. The van der Waals surface area contributed by atoms with E-state index in [0.717, 1.165) is 16.1 Å². The smallest absolute Gasteiger partial charge is 0.269 e. The number of nitrogens with one attached hydrogen (secondary N) is 1. The van der Waals surface area contributed by atoms with Gasteiger partial charge in [-0.2, -0.15) is 5.10 Å². The average Bonchev–Trinajstić information content (AvgIpc) is 2.83. The maximum absolute atomic E-state index is 12.4. The van der Waals surface area contributed by atoms with Gasteiger partial charge in [-0.3, -0.25) is 19.2 Å². The quantitative estimate of drug-likeness (QED) is 0.239. The third kappa shape index (κ3) is 7.52. The van der Waals surface area contributed by atoms with E-state index in [1.807, 2.05) is 0 Å². The van der Waals surface area contributed by atoms with Crippen molar-refractivity contribution in [3.63, 3.8) is 0 Å². The van der Waals surface area contributed by atoms with Gasteiger partial charge in [0.2, 0.25) is 10.0 Å². The third-order valence-corrected chi connectivity index (χ3v) is 6.32. The van der Waals surface area contributed by atoms with Crippen LogP contribution in [0.2, 0.25) is 5.02 Å². The molecule has 0 unspecified atom stereocenters. The van der Waals surface area contributed by atoms with E-state index in [1.54, 1.807) is 55.5 Å². The van der Waals surface area contributed by atoms with E-state index in [0.29, 0.717) is 27.6 Å². The number of sulfonamides is 1. The summed E-state index contributed by atoms with van der Waals surface area (Å²) in [6.07, 6.45) is 2.42. The number of benzene rings is 3. The second kappa shape index (κ2) is 11.6. The minimum atomic E-state index is -3.75. The molecule has 0 saturated carbocycles. The lowest BCUT2D eigenvalue weighted by molar-refractivity contribution is -0.384. The van der Waals surface area contributed by atoms with Crippen LogP contribution in [0, 0.1) is 17.0 Å². The molecule has 0 spiro atoms. The van der Waals surface area contributed by atoms with Crippen LogP contribution in [0.5, 0.6) is 5.75 Å². The summed E-state index contributed by atoms with van der Waals surface area (Å²) in [6, 6.07) is 17.7. The second-order valence-corrected chi connectivity index (χ2v) is 10.1. The van der Waals surface area contributed by atoms with Crippen molar-refractivity contribution in [2.75, 3.05) is 17.1 Å². The molecule has 0 aliphatic rings. The molecule has 1 N–H and O–H groups in total. The number of nitro benzene ring substituents is 1. The number of nitrogens with zero attached hydrogens (tertiary/aromatic N) is 3. The van der Waals surface area contributed by atoms with Gasteiger partial charge in [-0.05, 0) is 72.1 Å². The number of hydrogen-bond donors (Lipinski definition) is 1. The second-order valence-electron chi connectivity index (χ2n) is 7.77. The Kier molecular flexibility index (Phi) is 8.62. The molecule has 0 aromatic heterocycles. The third-order valence-electron chi connectivity index (χ3n) is 4.96. The predicted octanol–water partition coefficient (Wildman–Crippen LogP) is 4.05. The fourth-order valence-electron chi connectivity index (χ4n) is 3.11. The van der Waals surface area contributed by atoms with Crippen molar-refractivity contribution in [2.45, 2.75) is 13.5 Å². The van der Waals surface area contributed by atoms with Crippen molar-refractivity contribution >= 4 is 45.1 Å². The number of carbonyl (C=O) groups is 1. The first kappa shape index (κ1) is 26.6. The van der Waals surface area contributed by atoms with Crippen LogP contribution in [0.4, 0.5) is 11.4 Å². The highest BCUT2D eigenvalue weighted by Crippen LogP contribution is 2.26. The maximum Gasteiger partial charge on any atom is 0.269 e. The summed E-state index contributed by atoms with van der Waals surface area (Å²) in [5, 5.41) is 15.0. The number of ether oxygens (including phenoxy) is 1. The molecule has 0 atom stereocenters.